The fraction of sp³-hybridized carbons (Fsp3) is 0.154. The third kappa shape index (κ3) is 5.72. The van der Waals surface area contributed by atoms with Crippen molar-refractivity contribution in [2.24, 2.45) is 0 Å². The van der Waals surface area contributed by atoms with Crippen molar-refractivity contribution < 1.29 is 23.2 Å². The van der Waals surface area contributed by atoms with E-state index in [2.05, 4.69) is 15.5 Å². The van der Waals surface area contributed by atoms with E-state index in [0.29, 0.717) is 16.7 Å². The number of nitrogens with one attached hydrogen (secondary N) is 1. The number of aryl methyl sites for hydroxylation is 1. The van der Waals surface area contributed by atoms with E-state index in [4.69, 9.17) is 9.26 Å². The Balaban J connectivity index is 1.44. The molecular formula is C26H22FN3O4. The van der Waals surface area contributed by atoms with Gasteiger partial charge in [-0.1, -0.05) is 65.8 Å². The maximum atomic E-state index is 13.8. The van der Waals surface area contributed by atoms with Crippen LogP contribution in [0.2, 0.25) is 0 Å². The minimum atomic E-state index is -0.927. The van der Waals surface area contributed by atoms with Crippen LogP contribution in [-0.4, -0.2) is 28.1 Å². The average molecular weight is 459 g/mol. The number of nitrogens with zero attached hydrogens (tertiary/aromatic N) is 2. The highest BCUT2D eigenvalue weighted by Gasteiger charge is 2.24. The molecule has 1 unspecified atom stereocenters. The Labute approximate surface area is 195 Å². The van der Waals surface area contributed by atoms with E-state index in [1.807, 2.05) is 30.3 Å². The number of aromatic nitrogens is 2. The lowest BCUT2D eigenvalue weighted by atomic mass is 10.1. The van der Waals surface area contributed by atoms with Gasteiger partial charge in [0.15, 0.2) is 6.61 Å². The highest BCUT2D eigenvalue weighted by Crippen LogP contribution is 2.19. The van der Waals surface area contributed by atoms with E-state index in [-0.39, 0.29) is 36.5 Å². The summed E-state index contributed by atoms with van der Waals surface area (Å²) in [5.41, 5.74) is 2.24. The van der Waals surface area contributed by atoms with E-state index >= 15 is 0 Å². The van der Waals surface area contributed by atoms with Crippen LogP contribution in [0, 0.1) is 12.7 Å². The van der Waals surface area contributed by atoms with Crippen LogP contribution in [0.1, 0.15) is 27.4 Å². The molecule has 0 saturated heterocycles. The Bertz CT molecular complexity index is 1280. The number of esters is 1. The minimum absolute atomic E-state index is 0.0529. The molecule has 7 nitrogen and oxygen atoms in total. The lowest BCUT2D eigenvalue weighted by Gasteiger charge is -2.17. The first-order valence-electron chi connectivity index (χ1n) is 10.6. The zero-order chi connectivity index (χ0) is 23.9. The van der Waals surface area contributed by atoms with Crippen molar-refractivity contribution in [2.75, 3.05) is 0 Å². The van der Waals surface area contributed by atoms with Gasteiger partial charge in [0, 0.05) is 17.5 Å². The molecule has 1 aromatic heterocycles. The average Bonchev–Trinajstić information content (AvgIpc) is 3.34. The fourth-order valence-electron chi connectivity index (χ4n) is 3.27. The number of carbonyl (C=O) groups is 2. The van der Waals surface area contributed by atoms with Gasteiger partial charge in [0.05, 0.1) is 0 Å². The van der Waals surface area contributed by atoms with Crippen LogP contribution >= 0.6 is 0 Å². The van der Waals surface area contributed by atoms with Crippen molar-refractivity contribution in [3.63, 3.8) is 0 Å². The lowest BCUT2D eigenvalue weighted by Crippen LogP contribution is -2.43. The first-order chi connectivity index (χ1) is 16.5. The molecule has 0 bridgehead atoms. The van der Waals surface area contributed by atoms with Crippen LogP contribution in [-0.2, 0) is 22.6 Å². The molecule has 4 aromatic rings. The number of halogens is 1. The van der Waals surface area contributed by atoms with Crippen molar-refractivity contribution >= 4 is 11.9 Å². The van der Waals surface area contributed by atoms with Crippen molar-refractivity contribution in [1.29, 1.82) is 0 Å². The topological polar surface area (TPSA) is 94.3 Å². The number of ether oxygens (including phenoxy) is 1. The summed E-state index contributed by atoms with van der Waals surface area (Å²) in [7, 11) is 0. The molecule has 0 radical (unpaired) electrons. The molecule has 172 valence electrons. The first-order valence-corrected chi connectivity index (χ1v) is 10.6. The van der Waals surface area contributed by atoms with Gasteiger partial charge in [-0.25, -0.2) is 9.18 Å². The molecule has 0 fully saturated rings. The first kappa shape index (κ1) is 22.8. The molecule has 1 N–H and O–H groups in total. The van der Waals surface area contributed by atoms with Crippen LogP contribution in [0.15, 0.2) is 83.4 Å². The molecule has 0 aliphatic heterocycles. The molecular weight excluding hydrogens is 437 g/mol. The Kier molecular flexibility index (Phi) is 7.07. The maximum absolute atomic E-state index is 13.8. The second kappa shape index (κ2) is 10.5. The van der Waals surface area contributed by atoms with Crippen LogP contribution in [0.5, 0.6) is 0 Å². The van der Waals surface area contributed by atoms with Crippen LogP contribution in [0.4, 0.5) is 4.39 Å². The van der Waals surface area contributed by atoms with Gasteiger partial charge in [-0.15, -0.1) is 0 Å². The van der Waals surface area contributed by atoms with Crippen molar-refractivity contribution in [3.8, 4) is 11.4 Å². The summed E-state index contributed by atoms with van der Waals surface area (Å²) in [6.45, 7) is 1.37. The van der Waals surface area contributed by atoms with Gasteiger partial charge in [0.25, 0.3) is 11.8 Å². The smallest absolute Gasteiger partial charge is 0.329 e. The predicted octanol–water partition coefficient (Wildman–Crippen LogP) is 4.27. The fourth-order valence-corrected chi connectivity index (χ4v) is 3.27. The van der Waals surface area contributed by atoms with Gasteiger partial charge in [0.1, 0.15) is 11.9 Å². The number of carbonyl (C=O) groups excluding carboxylic acids is 2. The molecule has 0 saturated carbocycles. The number of hydrogen-bond donors (Lipinski definition) is 1. The van der Waals surface area contributed by atoms with Gasteiger partial charge in [-0.3, -0.25) is 4.79 Å². The van der Waals surface area contributed by atoms with Crippen LogP contribution in [0.25, 0.3) is 11.4 Å². The summed E-state index contributed by atoms with van der Waals surface area (Å²) in [6.07, 6.45) is 0.246. The molecule has 1 amide bonds. The summed E-state index contributed by atoms with van der Waals surface area (Å²) >= 11 is 0. The molecule has 1 atom stereocenters. The van der Waals surface area contributed by atoms with Gasteiger partial charge >= 0.3 is 5.97 Å². The molecule has 0 spiro atoms. The molecule has 0 aliphatic rings. The summed E-state index contributed by atoms with van der Waals surface area (Å²) in [5, 5.41) is 6.56. The van der Waals surface area contributed by atoms with E-state index in [1.165, 1.54) is 6.07 Å². The van der Waals surface area contributed by atoms with Crippen molar-refractivity contribution in [2.45, 2.75) is 26.0 Å². The molecule has 8 heteroatoms. The van der Waals surface area contributed by atoms with Gasteiger partial charge in [-0.2, -0.15) is 4.98 Å². The van der Waals surface area contributed by atoms with E-state index < -0.39 is 12.0 Å². The number of rotatable bonds is 8. The van der Waals surface area contributed by atoms with Crippen LogP contribution < -0.4 is 5.32 Å². The monoisotopic (exact) mass is 459 g/mol. The van der Waals surface area contributed by atoms with E-state index in [1.54, 1.807) is 49.4 Å². The minimum Gasteiger partial charge on any atom is -0.454 e. The largest absolute Gasteiger partial charge is 0.454 e. The highest BCUT2D eigenvalue weighted by atomic mass is 19.1. The summed E-state index contributed by atoms with van der Waals surface area (Å²) in [6, 6.07) is 21.6. The number of amides is 1. The molecule has 4 rings (SSSR count). The molecule has 0 aliphatic carbocycles. The van der Waals surface area contributed by atoms with Crippen LogP contribution in [0.3, 0.4) is 0 Å². The second-order valence-corrected chi connectivity index (χ2v) is 7.67. The molecule has 34 heavy (non-hydrogen) atoms. The predicted molar refractivity (Wildman–Crippen MR) is 122 cm³/mol. The third-order valence-corrected chi connectivity index (χ3v) is 5.14. The summed E-state index contributed by atoms with van der Waals surface area (Å²) in [4.78, 5) is 29.7. The van der Waals surface area contributed by atoms with Gasteiger partial charge in [-0.05, 0) is 36.2 Å². The zero-order valence-electron chi connectivity index (χ0n) is 18.4. The van der Waals surface area contributed by atoms with E-state index in [9.17, 15) is 14.0 Å². The number of benzene rings is 3. The normalized spacial score (nSPS) is 11.6. The Morgan fingerprint density at radius 1 is 1.03 bits per heavy atom. The quantitative estimate of drug-likeness (QED) is 0.396. The Hall–Kier alpha value is -4.33. The Morgan fingerprint density at radius 3 is 2.44 bits per heavy atom. The highest BCUT2D eigenvalue weighted by molar-refractivity contribution is 5.96. The Morgan fingerprint density at radius 2 is 1.74 bits per heavy atom. The molecule has 3 aromatic carbocycles. The second-order valence-electron chi connectivity index (χ2n) is 7.67. The third-order valence-electron chi connectivity index (χ3n) is 5.14. The summed E-state index contributed by atoms with van der Waals surface area (Å²) in [5.74, 6) is -1.18. The van der Waals surface area contributed by atoms with Crippen molar-refractivity contribution in [1.82, 2.24) is 15.5 Å². The van der Waals surface area contributed by atoms with Crippen molar-refractivity contribution in [3.05, 3.63) is 107 Å². The lowest BCUT2D eigenvalue weighted by molar-refractivity contribution is -0.148. The maximum Gasteiger partial charge on any atom is 0.329 e. The standard InChI is InChI=1S/C26H22FN3O4/c1-17-12-13-20(15-21(17)27)24-29-23(34-30-24)16-33-26(32)22(14-18-8-4-2-5-9-18)28-25(31)19-10-6-3-7-11-19/h2-13,15,22H,14,16H2,1H3,(H,28,31). The summed E-state index contributed by atoms with van der Waals surface area (Å²) < 4.78 is 24.3. The SMILES string of the molecule is Cc1ccc(-c2noc(COC(=O)C(Cc3ccccc3)NC(=O)c3ccccc3)n2)cc1F. The number of hydrogen-bond acceptors (Lipinski definition) is 6. The molecule has 1 heterocycles. The zero-order valence-corrected chi connectivity index (χ0v) is 18.4. The van der Waals surface area contributed by atoms with Gasteiger partial charge < -0.3 is 14.6 Å². The van der Waals surface area contributed by atoms with Gasteiger partial charge in [0.2, 0.25) is 5.82 Å². The van der Waals surface area contributed by atoms with E-state index in [0.717, 1.165) is 5.56 Å².